The van der Waals surface area contributed by atoms with Crippen LogP contribution in [0.1, 0.15) is 13.3 Å². The molecule has 0 spiro atoms. The third-order valence-corrected chi connectivity index (χ3v) is 4.10. The molecule has 1 aromatic rings. The number of carbonyl (C=O) groups excluding carboxylic acids is 1. The Morgan fingerprint density at radius 3 is 2.59 bits per heavy atom. The quantitative estimate of drug-likeness (QED) is 0.806. The van der Waals surface area contributed by atoms with Crippen LogP contribution < -0.4 is 14.8 Å². The highest BCUT2D eigenvalue weighted by Gasteiger charge is 2.32. The number of halogens is 3. The van der Waals surface area contributed by atoms with Gasteiger partial charge < -0.3 is 24.8 Å². The largest absolute Gasteiger partial charge is 0.493 e. The molecule has 1 fully saturated rings. The summed E-state index contributed by atoms with van der Waals surface area (Å²) >= 11 is 0. The number of carboxylic acids is 1. The lowest BCUT2D eigenvalue weighted by Crippen LogP contribution is -2.47. The van der Waals surface area contributed by atoms with Crippen molar-refractivity contribution in [1.82, 2.24) is 4.90 Å². The summed E-state index contributed by atoms with van der Waals surface area (Å²) in [6, 6.07) is 3.53. The third-order valence-electron chi connectivity index (χ3n) is 4.10. The van der Waals surface area contributed by atoms with E-state index >= 15 is 0 Å². The van der Waals surface area contributed by atoms with Crippen LogP contribution in [-0.4, -0.2) is 55.0 Å². The number of alkyl halides is 3. The van der Waals surface area contributed by atoms with E-state index in [4.69, 9.17) is 9.47 Å². The van der Waals surface area contributed by atoms with Gasteiger partial charge in [-0.05, 0) is 24.5 Å². The van der Waals surface area contributed by atoms with Crippen molar-refractivity contribution >= 4 is 17.7 Å². The molecule has 150 valence electrons. The lowest BCUT2D eigenvalue weighted by atomic mass is 9.91. The highest BCUT2D eigenvalue weighted by atomic mass is 19.4. The fraction of sp³-hybridized carbons (Fsp3) is 0.529. The van der Waals surface area contributed by atoms with Crippen molar-refractivity contribution in [2.45, 2.75) is 19.5 Å². The van der Waals surface area contributed by atoms with Crippen LogP contribution in [0.2, 0.25) is 0 Å². The number of rotatable bonds is 5. The Hall–Kier alpha value is -2.65. The summed E-state index contributed by atoms with van der Waals surface area (Å²) in [5.41, 5.74) is 0.211. The molecule has 1 aliphatic rings. The van der Waals surface area contributed by atoms with E-state index in [1.165, 1.54) is 30.2 Å². The molecule has 0 saturated carbocycles. The topological polar surface area (TPSA) is 88.1 Å². The van der Waals surface area contributed by atoms with E-state index in [9.17, 15) is 27.9 Å². The van der Waals surface area contributed by atoms with Crippen LogP contribution in [-0.2, 0) is 4.79 Å². The van der Waals surface area contributed by atoms with Crippen molar-refractivity contribution in [2.75, 3.05) is 32.1 Å². The zero-order valence-corrected chi connectivity index (χ0v) is 14.9. The van der Waals surface area contributed by atoms with Gasteiger partial charge >= 0.3 is 18.2 Å². The van der Waals surface area contributed by atoms with E-state index in [1.54, 1.807) is 0 Å². The van der Waals surface area contributed by atoms with E-state index in [2.05, 4.69) is 5.32 Å². The van der Waals surface area contributed by atoms with Crippen molar-refractivity contribution in [3.05, 3.63) is 18.2 Å². The summed E-state index contributed by atoms with van der Waals surface area (Å²) in [7, 11) is 1.29. The van der Waals surface area contributed by atoms with Crippen LogP contribution in [0.5, 0.6) is 11.5 Å². The molecule has 0 aromatic heterocycles. The van der Waals surface area contributed by atoms with Gasteiger partial charge in [0.05, 0.1) is 13.0 Å². The normalized spacial score (nSPS) is 20.1. The van der Waals surface area contributed by atoms with Gasteiger partial charge in [-0.2, -0.15) is 13.2 Å². The van der Waals surface area contributed by atoms with E-state index < -0.39 is 30.7 Å². The van der Waals surface area contributed by atoms with Crippen LogP contribution in [0.15, 0.2) is 18.2 Å². The molecular weight excluding hydrogens is 369 g/mol. The molecule has 1 aromatic carbocycles. The second-order valence-corrected chi connectivity index (χ2v) is 6.48. The van der Waals surface area contributed by atoms with Gasteiger partial charge in [-0.3, -0.25) is 4.79 Å². The Kier molecular flexibility index (Phi) is 6.40. The van der Waals surface area contributed by atoms with Crippen molar-refractivity contribution < 1.29 is 37.3 Å². The van der Waals surface area contributed by atoms with Gasteiger partial charge in [0.1, 0.15) is 0 Å². The van der Waals surface area contributed by atoms with E-state index in [-0.39, 0.29) is 29.6 Å². The number of benzene rings is 1. The first kappa shape index (κ1) is 20.7. The van der Waals surface area contributed by atoms with Crippen molar-refractivity contribution in [1.29, 1.82) is 0 Å². The van der Waals surface area contributed by atoms with Gasteiger partial charge in [0.2, 0.25) is 0 Å². The number of nitrogens with zero attached hydrogens (tertiary/aromatic N) is 1. The Morgan fingerprint density at radius 2 is 2.00 bits per heavy atom. The van der Waals surface area contributed by atoms with Gasteiger partial charge in [0.15, 0.2) is 18.1 Å². The van der Waals surface area contributed by atoms with Gasteiger partial charge in [-0.1, -0.05) is 6.92 Å². The first-order valence-corrected chi connectivity index (χ1v) is 8.25. The fourth-order valence-electron chi connectivity index (χ4n) is 2.93. The highest BCUT2D eigenvalue weighted by molar-refractivity contribution is 5.90. The Balaban J connectivity index is 2.09. The maximum atomic E-state index is 12.4. The average Bonchev–Trinajstić information content (AvgIpc) is 2.58. The molecule has 2 unspecified atom stereocenters. The fourth-order valence-corrected chi connectivity index (χ4v) is 2.93. The molecular formula is C17H21F3N2O5. The molecule has 2 atom stereocenters. The van der Waals surface area contributed by atoms with Gasteiger partial charge in [0, 0.05) is 24.8 Å². The summed E-state index contributed by atoms with van der Waals surface area (Å²) in [5, 5.41) is 11.7. The summed E-state index contributed by atoms with van der Waals surface area (Å²) < 4.78 is 46.8. The SMILES string of the molecule is COc1ccc(NC(=O)N2CC(C)CC(C(=O)O)C2)cc1OCC(F)(F)F. The summed E-state index contributed by atoms with van der Waals surface area (Å²) in [6.45, 7) is 0.818. The summed E-state index contributed by atoms with van der Waals surface area (Å²) in [4.78, 5) is 25.0. The zero-order valence-electron chi connectivity index (χ0n) is 14.9. The second kappa shape index (κ2) is 8.36. The number of hydrogen-bond donors (Lipinski definition) is 2. The monoisotopic (exact) mass is 390 g/mol. The summed E-state index contributed by atoms with van der Waals surface area (Å²) in [6.07, 6.45) is -4.03. The van der Waals surface area contributed by atoms with Crippen LogP contribution >= 0.6 is 0 Å². The molecule has 7 nitrogen and oxygen atoms in total. The van der Waals surface area contributed by atoms with E-state index in [0.717, 1.165) is 0 Å². The number of urea groups is 1. The number of amides is 2. The maximum absolute atomic E-state index is 12.4. The van der Waals surface area contributed by atoms with Gasteiger partial charge in [0.25, 0.3) is 0 Å². The molecule has 2 N–H and O–H groups in total. The van der Waals surface area contributed by atoms with Gasteiger partial charge in [-0.25, -0.2) is 4.79 Å². The average molecular weight is 390 g/mol. The number of hydrogen-bond acceptors (Lipinski definition) is 4. The van der Waals surface area contributed by atoms with Gasteiger partial charge in [-0.15, -0.1) is 0 Å². The smallest absolute Gasteiger partial charge is 0.422 e. The molecule has 1 heterocycles. The number of piperidine rings is 1. The minimum atomic E-state index is -4.51. The number of likely N-dealkylation sites (tertiary alicyclic amines) is 1. The maximum Gasteiger partial charge on any atom is 0.422 e. The van der Waals surface area contributed by atoms with Crippen LogP contribution in [0.3, 0.4) is 0 Å². The summed E-state index contributed by atoms with van der Waals surface area (Å²) in [5.74, 6) is -1.67. The van der Waals surface area contributed by atoms with Crippen molar-refractivity contribution in [3.8, 4) is 11.5 Å². The third kappa shape index (κ3) is 5.93. The minimum Gasteiger partial charge on any atom is -0.493 e. The lowest BCUT2D eigenvalue weighted by Gasteiger charge is -2.34. The van der Waals surface area contributed by atoms with Crippen LogP contribution in [0.4, 0.5) is 23.7 Å². The number of nitrogens with one attached hydrogen (secondary N) is 1. The Labute approximate surface area is 154 Å². The van der Waals surface area contributed by atoms with Crippen LogP contribution in [0.25, 0.3) is 0 Å². The predicted octanol–water partition coefficient (Wildman–Crippen LogP) is 3.21. The lowest BCUT2D eigenvalue weighted by molar-refractivity contribution is -0.153. The predicted molar refractivity (Wildman–Crippen MR) is 90.0 cm³/mol. The zero-order chi connectivity index (χ0) is 20.2. The number of carboxylic acid groups (broad SMARTS) is 1. The first-order chi connectivity index (χ1) is 12.6. The highest BCUT2D eigenvalue weighted by Crippen LogP contribution is 2.32. The number of aliphatic carboxylic acids is 1. The van der Waals surface area contributed by atoms with E-state index in [0.29, 0.717) is 13.0 Å². The Bertz CT molecular complexity index is 696. The first-order valence-electron chi connectivity index (χ1n) is 8.25. The molecule has 2 amide bonds. The number of anilines is 1. The Morgan fingerprint density at radius 1 is 1.30 bits per heavy atom. The second-order valence-electron chi connectivity index (χ2n) is 6.48. The molecule has 1 aliphatic heterocycles. The molecule has 0 bridgehead atoms. The molecule has 1 saturated heterocycles. The molecule has 0 aliphatic carbocycles. The minimum absolute atomic E-state index is 0.0205. The van der Waals surface area contributed by atoms with Crippen LogP contribution in [0, 0.1) is 11.8 Å². The molecule has 10 heteroatoms. The van der Waals surface area contributed by atoms with Crippen molar-refractivity contribution in [3.63, 3.8) is 0 Å². The number of carbonyl (C=O) groups is 2. The van der Waals surface area contributed by atoms with E-state index in [1.807, 2.05) is 6.92 Å². The molecule has 0 radical (unpaired) electrons. The molecule has 2 rings (SSSR count). The number of methoxy groups -OCH3 is 1. The standard InChI is InChI=1S/C17H21F3N2O5/c1-10-5-11(15(23)24)8-22(7-10)16(25)21-12-3-4-13(26-2)14(6-12)27-9-17(18,19)20/h3-4,6,10-11H,5,7-9H2,1-2H3,(H,21,25)(H,23,24). The molecule has 27 heavy (non-hydrogen) atoms. The van der Waals surface area contributed by atoms with Crippen molar-refractivity contribution in [2.24, 2.45) is 11.8 Å². The number of ether oxygens (including phenoxy) is 2.